The first-order chi connectivity index (χ1) is 33.4. The molecule has 2 saturated carbocycles. The molecule has 1 heterocycles. The van der Waals surface area contributed by atoms with Crippen molar-refractivity contribution in [2.45, 2.75) is 95.2 Å². The molecule has 2 fully saturated rings. The van der Waals surface area contributed by atoms with E-state index in [0.717, 1.165) is 82.8 Å². The van der Waals surface area contributed by atoms with Crippen LogP contribution >= 0.6 is 0 Å². The molecule has 5 aromatic carbocycles. The molecule has 3 N–H and O–H groups in total. The fourth-order valence-electron chi connectivity index (χ4n) is 10.9. The Balaban J connectivity index is 1.21. The van der Waals surface area contributed by atoms with Crippen molar-refractivity contribution < 1.29 is 38.9 Å². The molecule has 5 aromatic rings. The molecule has 0 aromatic heterocycles. The summed E-state index contributed by atoms with van der Waals surface area (Å²) in [5, 5.41) is 30.2. The summed E-state index contributed by atoms with van der Waals surface area (Å²) < 4.78 is 20.8. The number of aliphatic hydroxyl groups excluding tert-OH is 2. The molecule has 354 valence electrons. The lowest BCUT2D eigenvalue weighted by molar-refractivity contribution is -0.258. The average molecular weight is 918 g/mol. The van der Waals surface area contributed by atoms with Gasteiger partial charge in [-0.05, 0) is 102 Å². The molecular weight excluding hydrogens is 855 g/mol. The minimum absolute atomic E-state index is 0.00129. The lowest BCUT2D eigenvalue weighted by Crippen LogP contribution is -2.70. The van der Waals surface area contributed by atoms with Crippen molar-refractivity contribution in [1.82, 2.24) is 10.2 Å². The number of rotatable bonds is 21. The highest BCUT2D eigenvalue weighted by Crippen LogP contribution is 2.62. The van der Waals surface area contributed by atoms with Gasteiger partial charge in [0.15, 0.2) is 0 Å². The molecule has 0 radical (unpaired) electrons. The fourth-order valence-corrected chi connectivity index (χ4v) is 10.9. The van der Waals surface area contributed by atoms with Gasteiger partial charge >= 0.3 is 6.09 Å². The van der Waals surface area contributed by atoms with E-state index in [1.54, 1.807) is 12.1 Å². The summed E-state index contributed by atoms with van der Waals surface area (Å²) in [6, 6.07) is 39.0. The molecule has 3 aliphatic carbocycles. The quantitative estimate of drug-likeness (QED) is 0.0376. The van der Waals surface area contributed by atoms with E-state index in [-0.39, 0.29) is 56.0 Å². The van der Waals surface area contributed by atoms with E-state index in [0.29, 0.717) is 43.9 Å². The lowest BCUT2D eigenvalue weighted by Gasteiger charge is -2.60. The number of allylic oxidation sites excluding steroid dienone is 1. The predicted molar refractivity (Wildman–Crippen MR) is 263 cm³/mol. The first-order valence-corrected chi connectivity index (χ1v) is 24.4. The third-order valence-electron chi connectivity index (χ3n) is 14.2. The van der Waals surface area contributed by atoms with Crippen molar-refractivity contribution in [3.63, 3.8) is 0 Å². The maximum absolute atomic E-state index is 15.2. The molecule has 6 atom stereocenters. The number of benzene rings is 5. The topological polar surface area (TPSA) is 139 Å². The lowest BCUT2D eigenvalue weighted by atomic mass is 9.55. The van der Waals surface area contributed by atoms with Crippen LogP contribution in [0, 0.1) is 23.7 Å². The van der Waals surface area contributed by atoms with E-state index in [1.807, 2.05) is 95.9 Å². The van der Waals surface area contributed by atoms with Crippen molar-refractivity contribution >= 4 is 28.5 Å². The number of carbonyl (C=O) groups excluding carboxylic acids is 2. The first kappa shape index (κ1) is 46.8. The summed E-state index contributed by atoms with van der Waals surface area (Å²) >= 11 is 0. The van der Waals surface area contributed by atoms with E-state index in [2.05, 4.69) is 42.2 Å². The van der Waals surface area contributed by atoms with Crippen molar-refractivity contribution in [1.29, 1.82) is 0 Å². The molecule has 4 aliphatic rings. The van der Waals surface area contributed by atoms with Crippen LogP contribution in [0.1, 0.15) is 86.0 Å². The molecule has 1 aliphatic heterocycles. The van der Waals surface area contributed by atoms with Gasteiger partial charge in [0, 0.05) is 50.1 Å². The molecule has 68 heavy (non-hydrogen) atoms. The van der Waals surface area contributed by atoms with E-state index in [4.69, 9.17) is 24.2 Å². The van der Waals surface area contributed by atoms with Crippen LogP contribution in [-0.4, -0.2) is 64.5 Å². The van der Waals surface area contributed by atoms with Crippen molar-refractivity contribution in [2.24, 2.45) is 28.8 Å². The van der Waals surface area contributed by atoms with Crippen LogP contribution in [0.5, 0.6) is 11.5 Å². The SMILES string of the molecule is C=CCOC12Oc3ccc(OC(=O)NCc4ccccc4)cc3C3C(CCCCO)C(CCCCO)C=C(C(=NOCc4ccccc4)CC1N(Cc1cccc4ccccc14)C(=O)C1CC1)C32. The van der Waals surface area contributed by atoms with Gasteiger partial charge in [-0.15, -0.1) is 6.58 Å². The van der Waals surface area contributed by atoms with Crippen LogP contribution in [0.3, 0.4) is 0 Å². The Bertz CT molecular complexity index is 2590. The van der Waals surface area contributed by atoms with Gasteiger partial charge in [0.1, 0.15) is 24.1 Å². The van der Waals surface area contributed by atoms with Gasteiger partial charge in [-0.3, -0.25) is 4.79 Å². The standard InChI is InChI=1S/C57H63N3O8/c1-2-32-65-57-52(60(55(63)42-26-27-42)37-44-23-15-22-41-20-9-10-24-46(41)44)35-50(59-66-38-40-18-7-4-8-19-40)48-33-43(21-11-13-30-61)47(25-12-14-31-62)53(54(48)57)49-34-45(28-29-51(49)68-57)67-56(64)58-36-39-16-5-3-6-17-39/h2-10,15-20,22-24,28-29,33-34,42-43,47,52-54,61-62H,1,11-14,21,25-27,30-32,35-38H2,(H,58,64). The van der Waals surface area contributed by atoms with E-state index < -0.39 is 23.8 Å². The highest BCUT2D eigenvalue weighted by Gasteiger charge is 2.66. The normalized spacial score (nSPS) is 23.1. The minimum Gasteiger partial charge on any atom is -0.459 e. The van der Waals surface area contributed by atoms with E-state index >= 15 is 4.79 Å². The van der Waals surface area contributed by atoms with Crippen molar-refractivity contribution in [3.8, 4) is 11.5 Å². The Morgan fingerprint density at radius 2 is 1.57 bits per heavy atom. The summed E-state index contributed by atoms with van der Waals surface area (Å²) in [6.07, 6.45) is 9.87. The van der Waals surface area contributed by atoms with Crippen LogP contribution in [-0.2, 0) is 34.1 Å². The maximum atomic E-state index is 15.2. The molecule has 11 heteroatoms. The zero-order valence-electron chi connectivity index (χ0n) is 38.7. The van der Waals surface area contributed by atoms with Crippen LogP contribution in [0.2, 0.25) is 0 Å². The predicted octanol–water partition coefficient (Wildman–Crippen LogP) is 10.4. The number of oxime groups is 1. The zero-order valence-corrected chi connectivity index (χ0v) is 38.7. The molecule has 0 bridgehead atoms. The van der Waals surface area contributed by atoms with Crippen molar-refractivity contribution in [3.05, 3.63) is 168 Å². The van der Waals surface area contributed by atoms with E-state index in [1.165, 1.54) is 0 Å². The van der Waals surface area contributed by atoms with Gasteiger partial charge in [-0.1, -0.05) is 133 Å². The number of amides is 2. The molecule has 11 nitrogen and oxygen atoms in total. The van der Waals surface area contributed by atoms with Gasteiger partial charge in [0.25, 0.3) is 0 Å². The second-order valence-electron chi connectivity index (χ2n) is 18.6. The second kappa shape index (κ2) is 21.8. The minimum atomic E-state index is -1.42. The van der Waals surface area contributed by atoms with Gasteiger partial charge < -0.3 is 39.5 Å². The fraction of sp³-hybridized carbons (Fsp3) is 0.386. The first-order valence-electron chi connectivity index (χ1n) is 24.4. The summed E-state index contributed by atoms with van der Waals surface area (Å²) in [5.41, 5.74) is 5.48. The number of carbonyl (C=O) groups is 2. The van der Waals surface area contributed by atoms with Gasteiger partial charge in [0.2, 0.25) is 11.7 Å². The average Bonchev–Trinajstić information content (AvgIpc) is 4.23. The number of aliphatic hydroxyl groups is 2. The Morgan fingerprint density at radius 1 is 0.853 bits per heavy atom. The Morgan fingerprint density at radius 3 is 2.32 bits per heavy atom. The molecule has 2 amide bonds. The number of hydrogen-bond acceptors (Lipinski definition) is 9. The summed E-state index contributed by atoms with van der Waals surface area (Å²) in [6.45, 7) is 5.30. The third kappa shape index (κ3) is 10.3. The molecular formula is C57H63N3O8. The largest absolute Gasteiger partial charge is 0.459 e. The Hall–Kier alpha value is -6.27. The smallest absolute Gasteiger partial charge is 0.412 e. The Labute approximate surface area is 399 Å². The maximum Gasteiger partial charge on any atom is 0.412 e. The number of unbranched alkanes of at least 4 members (excludes halogenated alkanes) is 2. The van der Waals surface area contributed by atoms with Gasteiger partial charge in [-0.2, -0.15) is 0 Å². The van der Waals surface area contributed by atoms with Gasteiger partial charge in [0.05, 0.1) is 18.2 Å². The number of hydrogen-bond donors (Lipinski definition) is 3. The van der Waals surface area contributed by atoms with E-state index in [9.17, 15) is 15.0 Å². The van der Waals surface area contributed by atoms with Crippen LogP contribution in [0.15, 0.2) is 151 Å². The third-order valence-corrected chi connectivity index (χ3v) is 14.2. The summed E-state index contributed by atoms with van der Waals surface area (Å²) in [5.74, 6) is -1.30. The second-order valence-corrected chi connectivity index (χ2v) is 18.6. The highest BCUT2D eigenvalue weighted by atomic mass is 16.7. The molecule has 0 saturated heterocycles. The number of nitrogens with zero attached hydrogens (tertiary/aromatic N) is 2. The number of fused-ring (bicyclic) bond motifs is 3. The molecule has 6 unspecified atom stereocenters. The molecule has 9 rings (SSSR count). The van der Waals surface area contributed by atoms with Crippen LogP contribution < -0.4 is 14.8 Å². The highest BCUT2D eigenvalue weighted by molar-refractivity contribution is 6.03. The summed E-state index contributed by atoms with van der Waals surface area (Å²) in [4.78, 5) is 36.9. The summed E-state index contributed by atoms with van der Waals surface area (Å²) in [7, 11) is 0. The molecule has 0 spiro atoms. The number of ether oxygens (including phenoxy) is 3. The van der Waals surface area contributed by atoms with Crippen molar-refractivity contribution in [2.75, 3.05) is 19.8 Å². The monoisotopic (exact) mass is 917 g/mol. The van der Waals surface area contributed by atoms with Gasteiger partial charge in [-0.25, -0.2) is 4.79 Å². The Kier molecular flexibility index (Phi) is 15.0. The zero-order chi connectivity index (χ0) is 46.9. The van der Waals surface area contributed by atoms with Crippen LogP contribution in [0.4, 0.5) is 4.79 Å². The van der Waals surface area contributed by atoms with Crippen LogP contribution in [0.25, 0.3) is 10.8 Å². The number of nitrogens with one attached hydrogen (secondary N) is 1.